The van der Waals surface area contributed by atoms with Gasteiger partial charge in [-0.25, -0.2) is 9.29 Å². The maximum absolute atomic E-state index is 13.8. The average Bonchev–Trinajstić information content (AvgIpc) is 3.37. The number of hydrogen-bond donors (Lipinski definition) is 2. The zero-order valence-electron chi connectivity index (χ0n) is 20.4. The molecule has 2 N–H and O–H groups in total. The van der Waals surface area contributed by atoms with Crippen LogP contribution in [-0.4, -0.2) is 32.6 Å². The van der Waals surface area contributed by atoms with Gasteiger partial charge >= 0.3 is 4.87 Å². The van der Waals surface area contributed by atoms with Crippen LogP contribution in [0.5, 0.6) is 5.75 Å². The van der Waals surface area contributed by atoms with Gasteiger partial charge in [0.15, 0.2) is 0 Å². The molecule has 6 rings (SSSR count). The number of carbonyl (C=O) groups is 3. The van der Waals surface area contributed by atoms with Crippen molar-refractivity contribution in [2.45, 2.75) is 22.7 Å². The number of aromatic nitrogens is 1. The van der Waals surface area contributed by atoms with Crippen molar-refractivity contribution in [3.63, 3.8) is 0 Å². The Hall–Kier alpha value is -3.93. The molecule has 0 radical (unpaired) electrons. The molecule has 0 aliphatic carbocycles. The van der Waals surface area contributed by atoms with E-state index in [0.717, 1.165) is 28.0 Å². The number of rotatable bonds is 5. The van der Waals surface area contributed by atoms with Gasteiger partial charge in [0.2, 0.25) is 17.7 Å². The Bertz CT molecular complexity index is 1700. The van der Waals surface area contributed by atoms with E-state index >= 15 is 0 Å². The number of amides is 3. The van der Waals surface area contributed by atoms with Crippen molar-refractivity contribution in [3.05, 3.63) is 104 Å². The van der Waals surface area contributed by atoms with Crippen LogP contribution < -0.4 is 15.1 Å². The first-order valence-corrected chi connectivity index (χ1v) is 14.2. The highest BCUT2D eigenvalue weighted by Gasteiger charge is 2.56. The number of hydrogen-bond acceptors (Lipinski definition) is 7. The number of halogens is 2. The molecule has 4 aromatic rings. The fourth-order valence-corrected chi connectivity index (χ4v) is 7.92. The van der Waals surface area contributed by atoms with Crippen LogP contribution in [0.3, 0.4) is 0 Å². The largest absolute Gasteiger partial charge is 0.508 e. The Morgan fingerprint density at radius 2 is 1.62 bits per heavy atom. The van der Waals surface area contributed by atoms with Gasteiger partial charge in [0, 0.05) is 21.5 Å². The van der Waals surface area contributed by atoms with Crippen molar-refractivity contribution in [3.8, 4) is 5.75 Å². The number of anilines is 2. The molecule has 0 saturated carbocycles. The molecule has 1 aromatic heterocycles. The fourth-order valence-electron chi connectivity index (χ4n) is 5.02. The van der Waals surface area contributed by atoms with E-state index in [-0.39, 0.29) is 12.3 Å². The smallest absolute Gasteiger partial charge is 0.308 e. The summed E-state index contributed by atoms with van der Waals surface area (Å²) in [6.45, 7) is -0.324. The maximum Gasteiger partial charge on any atom is 0.308 e. The molecule has 3 atom stereocenters. The summed E-state index contributed by atoms with van der Waals surface area (Å²) in [5.41, 5.74) is 1.40. The third-order valence-corrected chi connectivity index (χ3v) is 9.67. The third kappa shape index (κ3) is 4.59. The monoisotopic (exact) mass is 595 g/mol. The van der Waals surface area contributed by atoms with Crippen LogP contribution in [0.25, 0.3) is 0 Å². The number of thiazole rings is 1. The van der Waals surface area contributed by atoms with E-state index in [9.17, 15) is 28.7 Å². The molecule has 2 unspecified atom stereocenters. The summed E-state index contributed by atoms with van der Waals surface area (Å²) >= 11 is 8.00. The quantitative estimate of drug-likeness (QED) is 0.252. The Kier molecular flexibility index (Phi) is 6.73. The average molecular weight is 596 g/mol. The van der Waals surface area contributed by atoms with Gasteiger partial charge in [-0.15, -0.1) is 0 Å². The summed E-state index contributed by atoms with van der Waals surface area (Å²) in [6, 6.07) is 17.9. The highest BCUT2D eigenvalue weighted by Crippen LogP contribution is 2.53. The number of imide groups is 1. The van der Waals surface area contributed by atoms with E-state index in [1.807, 2.05) is 0 Å². The molecule has 0 bridgehead atoms. The van der Waals surface area contributed by atoms with Crippen LogP contribution in [0.2, 0.25) is 5.02 Å². The van der Waals surface area contributed by atoms with Gasteiger partial charge in [0.1, 0.15) is 23.4 Å². The normalized spacial score (nSPS) is 19.9. The van der Waals surface area contributed by atoms with E-state index in [1.165, 1.54) is 41.0 Å². The number of nitrogens with zero attached hydrogens (tertiary/aromatic N) is 2. The number of thioether (sulfide) groups is 1. The number of phenols is 1. The van der Waals surface area contributed by atoms with Gasteiger partial charge < -0.3 is 10.4 Å². The van der Waals surface area contributed by atoms with Gasteiger partial charge in [0.05, 0.1) is 16.6 Å². The molecule has 202 valence electrons. The first-order chi connectivity index (χ1) is 19.2. The molecule has 2 aliphatic heterocycles. The lowest BCUT2D eigenvalue weighted by Gasteiger charge is -2.30. The lowest BCUT2D eigenvalue weighted by Crippen LogP contribution is -2.33. The zero-order chi connectivity index (χ0) is 28.1. The number of phenolic OH excluding ortho intramolecular Hbond substituents is 1. The number of benzene rings is 3. The Balaban J connectivity index is 1.40. The van der Waals surface area contributed by atoms with Crippen molar-refractivity contribution in [2.24, 2.45) is 5.92 Å². The number of carbonyl (C=O) groups excluding carboxylic acids is 3. The summed E-state index contributed by atoms with van der Waals surface area (Å²) < 4.78 is 15.1. The summed E-state index contributed by atoms with van der Waals surface area (Å²) in [4.78, 5) is 54.8. The SMILES string of the molecule is O=C(Cn1c2c(sc1=O)[C@H](c1ccc(F)cc1)C1C(=O)N(c3ccc(Cl)cc3)C(=O)C1S2)Nc1ccc(O)cc1. The van der Waals surface area contributed by atoms with Crippen LogP contribution in [0, 0.1) is 11.7 Å². The first kappa shape index (κ1) is 26.3. The highest BCUT2D eigenvalue weighted by atomic mass is 35.5. The molecule has 12 heteroatoms. The van der Waals surface area contributed by atoms with E-state index < -0.39 is 45.5 Å². The predicted octanol–water partition coefficient (Wildman–Crippen LogP) is 4.84. The fraction of sp³-hybridized carbons (Fsp3) is 0.143. The van der Waals surface area contributed by atoms with Gasteiger partial charge in [0.25, 0.3) is 0 Å². The standard InChI is InChI=1S/C28H19ClFN3O5S2/c29-15-3-9-18(10-4-15)33-25(36)22-21(14-1-5-16(30)6-2-14)24-27(39-23(22)26(33)37)32(28(38)40-24)13-20(35)31-17-7-11-19(34)12-8-17/h1-12,21-23,34H,13H2,(H,31,35)/t21-,22?,23?/m1/s1. The van der Waals surface area contributed by atoms with Crippen LogP contribution >= 0.6 is 34.7 Å². The lowest BCUT2D eigenvalue weighted by atomic mass is 9.83. The van der Waals surface area contributed by atoms with Gasteiger partial charge in [-0.1, -0.05) is 46.8 Å². The highest BCUT2D eigenvalue weighted by molar-refractivity contribution is 8.00. The minimum Gasteiger partial charge on any atom is -0.508 e. The molecule has 40 heavy (non-hydrogen) atoms. The molecule has 3 aromatic carbocycles. The second-order valence-corrected chi connectivity index (χ2v) is 11.9. The zero-order valence-corrected chi connectivity index (χ0v) is 22.8. The van der Waals surface area contributed by atoms with Crippen molar-refractivity contribution in [1.29, 1.82) is 0 Å². The Morgan fingerprint density at radius 1 is 0.950 bits per heavy atom. The van der Waals surface area contributed by atoms with Crippen molar-refractivity contribution in [1.82, 2.24) is 4.57 Å². The van der Waals surface area contributed by atoms with Gasteiger partial charge in [-0.05, 0) is 66.2 Å². The minimum atomic E-state index is -0.869. The maximum atomic E-state index is 13.8. The molecular weight excluding hydrogens is 577 g/mol. The second kappa shape index (κ2) is 10.2. The Morgan fingerprint density at radius 3 is 2.30 bits per heavy atom. The van der Waals surface area contributed by atoms with Gasteiger partial charge in [-0.2, -0.15) is 0 Å². The third-order valence-electron chi connectivity index (χ3n) is 6.82. The van der Waals surface area contributed by atoms with E-state index in [4.69, 9.17) is 11.6 Å². The van der Waals surface area contributed by atoms with Crippen LogP contribution in [0.15, 0.2) is 82.6 Å². The number of nitrogens with one attached hydrogen (secondary N) is 1. The van der Waals surface area contributed by atoms with Crippen LogP contribution in [0.1, 0.15) is 16.4 Å². The van der Waals surface area contributed by atoms with Crippen LogP contribution in [-0.2, 0) is 20.9 Å². The topological polar surface area (TPSA) is 109 Å². The summed E-state index contributed by atoms with van der Waals surface area (Å²) in [7, 11) is 0. The van der Waals surface area contributed by atoms with E-state index in [2.05, 4.69) is 5.32 Å². The molecule has 1 fully saturated rings. The second-order valence-electron chi connectivity index (χ2n) is 9.30. The minimum absolute atomic E-state index is 0.0438. The molecule has 3 amide bonds. The summed E-state index contributed by atoms with van der Waals surface area (Å²) in [5, 5.41) is 12.2. The molecule has 3 heterocycles. The van der Waals surface area contributed by atoms with Gasteiger partial charge in [-0.3, -0.25) is 23.7 Å². The summed E-state index contributed by atoms with van der Waals surface area (Å²) in [5.74, 6) is -3.31. The van der Waals surface area contributed by atoms with Crippen molar-refractivity contribution in [2.75, 3.05) is 10.2 Å². The molecule has 1 saturated heterocycles. The Labute approximate surface area is 240 Å². The van der Waals surface area contributed by atoms with Crippen LogP contribution in [0.4, 0.5) is 15.8 Å². The van der Waals surface area contributed by atoms with Crippen molar-refractivity contribution < 1.29 is 23.9 Å². The van der Waals surface area contributed by atoms with Crippen molar-refractivity contribution >= 4 is 63.8 Å². The lowest BCUT2D eigenvalue weighted by molar-refractivity contribution is -0.122. The molecular formula is C28H19ClFN3O5S2. The molecule has 0 spiro atoms. The van der Waals surface area contributed by atoms with E-state index in [0.29, 0.717) is 31.9 Å². The molecule has 8 nitrogen and oxygen atoms in total. The number of aromatic hydroxyl groups is 1. The van der Waals surface area contributed by atoms with E-state index in [1.54, 1.807) is 36.4 Å². The predicted molar refractivity (Wildman–Crippen MR) is 151 cm³/mol. The molecule has 2 aliphatic rings. The number of fused-ring (bicyclic) bond motifs is 2. The first-order valence-electron chi connectivity index (χ1n) is 12.1. The summed E-state index contributed by atoms with van der Waals surface area (Å²) in [6.07, 6.45) is 0.